The number of hydrogen-bond donors (Lipinski definition) is 1. The fourth-order valence-corrected chi connectivity index (χ4v) is 3.79. The molecule has 128 valence electrons. The Bertz CT molecular complexity index is 895. The normalized spacial score (nSPS) is 10.5. The average Bonchev–Trinajstić information content (AvgIpc) is 2.97. The highest BCUT2D eigenvalue weighted by Gasteiger charge is 2.13. The van der Waals surface area contributed by atoms with Crippen LogP contribution in [-0.4, -0.2) is 22.1 Å². The van der Waals surface area contributed by atoms with Gasteiger partial charge in [0.2, 0.25) is 0 Å². The van der Waals surface area contributed by atoms with E-state index in [0.717, 1.165) is 15.5 Å². The molecule has 7 heteroatoms. The molecular weight excluding hydrogens is 354 g/mol. The van der Waals surface area contributed by atoms with Gasteiger partial charge in [-0.1, -0.05) is 17.4 Å². The fraction of sp³-hybridized carbons (Fsp3) is 0.167. The molecule has 2 heterocycles. The van der Waals surface area contributed by atoms with Gasteiger partial charge in [-0.2, -0.15) is 0 Å². The molecule has 1 amide bonds. The summed E-state index contributed by atoms with van der Waals surface area (Å²) in [5, 5.41) is 3.45. The number of carbonyl (C=O) groups excluding carboxylic acids is 1. The van der Waals surface area contributed by atoms with E-state index in [9.17, 15) is 4.79 Å². The van der Waals surface area contributed by atoms with Crippen molar-refractivity contribution in [3.05, 3.63) is 59.5 Å². The van der Waals surface area contributed by atoms with Crippen LogP contribution in [0.15, 0.2) is 46.9 Å². The van der Waals surface area contributed by atoms with Crippen molar-refractivity contribution in [3.63, 3.8) is 0 Å². The number of thiazole rings is 1. The molecule has 0 aliphatic heterocycles. The predicted octanol–water partition coefficient (Wildman–Crippen LogP) is 4.92. The standard InChI is InChI=1S/C18H17N3O2S2/c1-11-4-5-13(10-15(11)23-14-6-8-19-9-7-14)16(22)21-18-20-12(2)17(24-3)25-18/h4-10H,1-3H3,(H,20,21,22). The van der Waals surface area contributed by atoms with Gasteiger partial charge in [-0.3, -0.25) is 15.1 Å². The minimum atomic E-state index is -0.207. The molecule has 0 unspecified atom stereocenters. The number of hydrogen-bond acceptors (Lipinski definition) is 6. The number of aromatic nitrogens is 2. The van der Waals surface area contributed by atoms with Gasteiger partial charge >= 0.3 is 0 Å². The van der Waals surface area contributed by atoms with Crippen LogP contribution in [0, 0.1) is 13.8 Å². The molecule has 0 radical (unpaired) electrons. The van der Waals surface area contributed by atoms with Crippen LogP contribution in [-0.2, 0) is 0 Å². The van der Waals surface area contributed by atoms with E-state index in [-0.39, 0.29) is 5.91 Å². The van der Waals surface area contributed by atoms with Gasteiger partial charge < -0.3 is 4.74 Å². The molecule has 2 aromatic heterocycles. The van der Waals surface area contributed by atoms with E-state index >= 15 is 0 Å². The molecule has 3 aromatic rings. The van der Waals surface area contributed by atoms with E-state index in [1.165, 1.54) is 11.3 Å². The highest BCUT2D eigenvalue weighted by atomic mass is 32.2. The Morgan fingerprint density at radius 2 is 1.96 bits per heavy atom. The van der Waals surface area contributed by atoms with E-state index in [2.05, 4.69) is 15.3 Å². The van der Waals surface area contributed by atoms with Gasteiger partial charge in [-0.05, 0) is 49.9 Å². The minimum Gasteiger partial charge on any atom is -0.457 e. The molecule has 0 saturated heterocycles. The van der Waals surface area contributed by atoms with Gasteiger partial charge in [0.25, 0.3) is 5.91 Å². The van der Waals surface area contributed by atoms with Crippen LogP contribution in [0.5, 0.6) is 11.5 Å². The first kappa shape index (κ1) is 17.4. The van der Waals surface area contributed by atoms with Gasteiger partial charge in [0.1, 0.15) is 11.5 Å². The molecule has 0 aliphatic rings. The Hall–Kier alpha value is -2.38. The second-order valence-electron chi connectivity index (χ2n) is 5.32. The Morgan fingerprint density at radius 3 is 2.64 bits per heavy atom. The molecule has 0 spiro atoms. The van der Waals surface area contributed by atoms with Gasteiger partial charge in [0.05, 0.1) is 9.90 Å². The summed E-state index contributed by atoms with van der Waals surface area (Å²) in [7, 11) is 0. The maximum atomic E-state index is 12.5. The molecule has 0 fully saturated rings. The molecule has 0 atom stereocenters. The van der Waals surface area contributed by atoms with Crippen LogP contribution in [0.3, 0.4) is 0 Å². The third kappa shape index (κ3) is 4.18. The molecule has 1 aromatic carbocycles. The summed E-state index contributed by atoms with van der Waals surface area (Å²) in [6.07, 6.45) is 5.32. The molecule has 25 heavy (non-hydrogen) atoms. The van der Waals surface area contributed by atoms with Crippen molar-refractivity contribution in [3.8, 4) is 11.5 Å². The van der Waals surface area contributed by atoms with Crippen molar-refractivity contribution in [1.29, 1.82) is 0 Å². The Labute approximate surface area is 154 Å². The van der Waals surface area contributed by atoms with Crippen LogP contribution in [0.2, 0.25) is 0 Å². The number of nitrogens with zero attached hydrogens (tertiary/aromatic N) is 2. The Morgan fingerprint density at radius 1 is 1.20 bits per heavy atom. The van der Waals surface area contributed by atoms with E-state index in [1.807, 2.05) is 26.2 Å². The summed E-state index contributed by atoms with van der Waals surface area (Å²) in [4.78, 5) is 20.9. The van der Waals surface area contributed by atoms with E-state index < -0.39 is 0 Å². The molecule has 0 saturated carbocycles. The van der Waals surface area contributed by atoms with Crippen LogP contribution in [0.4, 0.5) is 5.13 Å². The largest absolute Gasteiger partial charge is 0.457 e. The maximum absolute atomic E-state index is 12.5. The number of aryl methyl sites for hydroxylation is 2. The number of rotatable bonds is 5. The van der Waals surface area contributed by atoms with Gasteiger partial charge in [-0.15, -0.1) is 11.8 Å². The van der Waals surface area contributed by atoms with Crippen LogP contribution in [0.25, 0.3) is 0 Å². The summed E-state index contributed by atoms with van der Waals surface area (Å²) < 4.78 is 6.95. The van der Waals surface area contributed by atoms with E-state index in [0.29, 0.717) is 22.2 Å². The lowest BCUT2D eigenvalue weighted by atomic mass is 10.1. The molecule has 5 nitrogen and oxygen atoms in total. The first-order valence-electron chi connectivity index (χ1n) is 7.58. The predicted molar refractivity (Wildman–Crippen MR) is 102 cm³/mol. The monoisotopic (exact) mass is 371 g/mol. The highest BCUT2D eigenvalue weighted by molar-refractivity contribution is 8.00. The zero-order chi connectivity index (χ0) is 17.8. The summed E-state index contributed by atoms with van der Waals surface area (Å²) >= 11 is 3.10. The number of benzene rings is 1. The minimum absolute atomic E-state index is 0.207. The molecule has 3 rings (SSSR count). The first-order valence-corrected chi connectivity index (χ1v) is 9.62. The van der Waals surface area contributed by atoms with Crippen LogP contribution < -0.4 is 10.1 Å². The number of nitrogens with one attached hydrogen (secondary N) is 1. The lowest BCUT2D eigenvalue weighted by molar-refractivity contribution is 0.102. The van der Waals surface area contributed by atoms with Crippen molar-refractivity contribution in [2.24, 2.45) is 0 Å². The van der Waals surface area contributed by atoms with Crippen molar-refractivity contribution < 1.29 is 9.53 Å². The lowest BCUT2D eigenvalue weighted by Gasteiger charge is -2.10. The fourth-order valence-electron chi connectivity index (χ4n) is 2.18. The zero-order valence-electron chi connectivity index (χ0n) is 14.1. The molecule has 0 aliphatic carbocycles. The second kappa shape index (κ2) is 7.67. The van der Waals surface area contributed by atoms with Crippen molar-refractivity contribution >= 4 is 34.1 Å². The number of thioether (sulfide) groups is 1. The number of amides is 1. The first-order chi connectivity index (χ1) is 12.1. The van der Waals surface area contributed by atoms with Gasteiger partial charge in [0.15, 0.2) is 5.13 Å². The number of ether oxygens (including phenoxy) is 1. The quantitative estimate of drug-likeness (QED) is 0.645. The van der Waals surface area contributed by atoms with Gasteiger partial charge in [0, 0.05) is 18.0 Å². The third-order valence-corrected chi connectivity index (χ3v) is 5.77. The summed E-state index contributed by atoms with van der Waals surface area (Å²) in [5.41, 5.74) is 2.40. The molecular formula is C18H17N3O2S2. The third-order valence-electron chi connectivity index (χ3n) is 3.49. The lowest BCUT2D eigenvalue weighted by Crippen LogP contribution is -2.11. The zero-order valence-corrected chi connectivity index (χ0v) is 15.7. The SMILES string of the molecule is CSc1sc(NC(=O)c2ccc(C)c(Oc3ccncc3)c2)nc1C. The Kier molecular flexibility index (Phi) is 5.35. The average molecular weight is 371 g/mol. The van der Waals surface area contributed by atoms with E-state index in [4.69, 9.17) is 4.74 Å². The van der Waals surface area contributed by atoms with Crippen molar-refractivity contribution in [1.82, 2.24) is 9.97 Å². The number of anilines is 1. The van der Waals surface area contributed by atoms with Crippen molar-refractivity contribution in [2.45, 2.75) is 18.1 Å². The summed E-state index contributed by atoms with van der Waals surface area (Å²) in [5.74, 6) is 1.11. The molecule has 0 bridgehead atoms. The second-order valence-corrected chi connectivity index (χ2v) is 7.39. The maximum Gasteiger partial charge on any atom is 0.257 e. The number of pyridine rings is 1. The van der Waals surface area contributed by atoms with Crippen molar-refractivity contribution in [2.75, 3.05) is 11.6 Å². The van der Waals surface area contributed by atoms with Crippen LogP contribution >= 0.6 is 23.1 Å². The van der Waals surface area contributed by atoms with Crippen LogP contribution in [0.1, 0.15) is 21.6 Å². The summed E-state index contributed by atoms with van der Waals surface area (Å²) in [6, 6.07) is 8.93. The smallest absolute Gasteiger partial charge is 0.257 e. The topological polar surface area (TPSA) is 64.1 Å². The summed E-state index contributed by atoms with van der Waals surface area (Å²) in [6.45, 7) is 3.87. The van der Waals surface area contributed by atoms with Gasteiger partial charge in [-0.25, -0.2) is 4.98 Å². The van der Waals surface area contributed by atoms with E-state index in [1.54, 1.807) is 48.4 Å². The number of carbonyl (C=O) groups is 1. The highest BCUT2D eigenvalue weighted by Crippen LogP contribution is 2.31. The molecule has 1 N–H and O–H groups in total. The Balaban J connectivity index is 1.79.